The Balaban J connectivity index is 2.14. The molecule has 17 heavy (non-hydrogen) atoms. The van der Waals surface area contributed by atoms with Gasteiger partial charge < -0.3 is 0 Å². The molecule has 0 spiro atoms. The molecule has 0 saturated heterocycles. The van der Waals surface area contributed by atoms with E-state index in [9.17, 15) is 0 Å². The lowest BCUT2D eigenvalue weighted by Crippen LogP contribution is -2.01. The number of hydrogen-bond acceptors (Lipinski definition) is 4. The minimum atomic E-state index is 0.853. The Bertz CT molecular complexity index is 498. The van der Waals surface area contributed by atoms with Crippen molar-refractivity contribution in [2.75, 3.05) is 0 Å². The summed E-state index contributed by atoms with van der Waals surface area (Å²) in [6, 6.07) is 1.91. The zero-order chi connectivity index (χ0) is 12.3. The summed E-state index contributed by atoms with van der Waals surface area (Å²) in [6.07, 6.45) is 3.33. The zero-order valence-electron chi connectivity index (χ0n) is 9.72. The number of nitrogens with zero attached hydrogens (tertiary/aromatic N) is 4. The first-order valence-electron chi connectivity index (χ1n) is 5.33. The average molecular weight is 313 g/mol. The third-order valence-corrected chi connectivity index (χ3v) is 4.35. The minimum Gasteiger partial charge on any atom is -0.268 e. The monoisotopic (exact) mass is 312 g/mol. The van der Waals surface area contributed by atoms with Crippen LogP contribution in [0.5, 0.6) is 0 Å². The second-order valence-electron chi connectivity index (χ2n) is 3.50. The molecule has 0 amide bonds. The van der Waals surface area contributed by atoms with Gasteiger partial charge in [-0.3, -0.25) is 4.68 Å². The molecule has 0 bridgehead atoms. The Morgan fingerprint density at radius 1 is 1.47 bits per heavy atom. The summed E-state index contributed by atoms with van der Waals surface area (Å²) in [5.74, 6) is 0.853. The number of halogens is 1. The maximum Gasteiger partial charge on any atom is 0.116 e. The van der Waals surface area contributed by atoms with Gasteiger partial charge in [0.25, 0.3) is 0 Å². The predicted octanol–water partition coefficient (Wildman–Crippen LogP) is 3.06. The highest BCUT2D eigenvalue weighted by Gasteiger charge is 2.12. The van der Waals surface area contributed by atoms with Gasteiger partial charge in [-0.15, -0.1) is 0 Å². The number of thioether (sulfide) groups is 1. The minimum absolute atomic E-state index is 0.853. The lowest BCUT2D eigenvalue weighted by Gasteiger charge is -2.04. The van der Waals surface area contributed by atoms with Gasteiger partial charge in [0.1, 0.15) is 6.33 Å². The summed E-state index contributed by atoms with van der Waals surface area (Å²) >= 11 is 5.27. The molecule has 2 aromatic heterocycles. The van der Waals surface area contributed by atoms with Crippen molar-refractivity contribution in [2.45, 2.75) is 31.2 Å². The van der Waals surface area contributed by atoms with Crippen LogP contribution in [0.2, 0.25) is 0 Å². The Labute approximate surface area is 113 Å². The highest BCUT2D eigenvalue weighted by Crippen LogP contribution is 2.27. The molecule has 0 aliphatic heterocycles. The van der Waals surface area contributed by atoms with Crippen molar-refractivity contribution < 1.29 is 0 Å². The lowest BCUT2D eigenvalue weighted by molar-refractivity contribution is 0.631. The molecule has 0 unspecified atom stereocenters. The van der Waals surface area contributed by atoms with Gasteiger partial charge in [-0.05, 0) is 35.8 Å². The first kappa shape index (κ1) is 12.6. The summed E-state index contributed by atoms with van der Waals surface area (Å²) in [7, 11) is 0. The van der Waals surface area contributed by atoms with E-state index in [1.807, 2.05) is 17.7 Å². The molecule has 0 aliphatic carbocycles. The van der Waals surface area contributed by atoms with Gasteiger partial charge >= 0.3 is 0 Å². The Hall–Kier alpha value is -0.880. The van der Waals surface area contributed by atoms with Gasteiger partial charge in [0.2, 0.25) is 0 Å². The first-order valence-corrected chi connectivity index (χ1v) is 7.10. The van der Waals surface area contributed by atoms with E-state index >= 15 is 0 Å². The summed E-state index contributed by atoms with van der Waals surface area (Å²) in [5, 5.41) is 5.44. The topological polar surface area (TPSA) is 43.6 Å². The zero-order valence-corrected chi connectivity index (χ0v) is 12.1. The molecule has 0 atom stereocenters. The highest BCUT2D eigenvalue weighted by molar-refractivity contribution is 9.10. The summed E-state index contributed by atoms with van der Waals surface area (Å²) in [5.41, 5.74) is 2.23. The third-order valence-electron chi connectivity index (χ3n) is 2.36. The van der Waals surface area contributed by atoms with Crippen molar-refractivity contribution in [3.8, 4) is 0 Å². The van der Waals surface area contributed by atoms with Crippen LogP contribution in [0.1, 0.15) is 18.3 Å². The van der Waals surface area contributed by atoms with Crippen LogP contribution in [0, 0.1) is 6.92 Å². The van der Waals surface area contributed by atoms with Crippen LogP contribution >= 0.6 is 27.7 Å². The van der Waals surface area contributed by atoms with Gasteiger partial charge in [-0.2, -0.15) is 5.10 Å². The number of aryl methyl sites for hydroxylation is 2. The van der Waals surface area contributed by atoms with E-state index in [4.69, 9.17) is 0 Å². The molecule has 0 fully saturated rings. The van der Waals surface area contributed by atoms with Crippen molar-refractivity contribution >= 4 is 27.7 Å². The van der Waals surface area contributed by atoms with E-state index in [1.165, 1.54) is 5.69 Å². The normalized spacial score (nSPS) is 10.8. The highest BCUT2D eigenvalue weighted by atomic mass is 79.9. The van der Waals surface area contributed by atoms with E-state index < -0.39 is 0 Å². The number of hydrogen-bond donors (Lipinski definition) is 0. The molecule has 90 valence electrons. The second kappa shape index (κ2) is 5.64. The molecule has 0 aliphatic rings. The standard InChI is InChI=1S/C11H13BrN4S/c1-3-16-9(11(12)8(2)15-16)6-17-10-4-5-13-7-14-10/h4-5,7H,3,6H2,1-2H3. The number of rotatable bonds is 4. The van der Waals surface area contributed by atoms with E-state index in [0.717, 1.165) is 27.5 Å². The van der Waals surface area contributed by atoms with Crippen molar-refractivity contribution in [1.29, 1.82) is 0 Å². The van der Waals surface area contributed by atoms with Gasteiger partial charge in [-0.1, -0.05) is 11.8 Å². The predicted molar refractivity (Wildman–Crippen MR) is 71.9 cm³/mol. The van der Waals surface area contributed by atoms with Crippen LogP contribution in [0.4, 0.5) is 0 Å². The maximum atomic E-state index is 4.46. The second-order valence-corrected chi connectivity index (χ2v) is 5.29. The Morgan fingerprint density at radius 2 is 2.29 bits per heavy atom. The summed E-state index contributed by atoms with van der Waals surface area (Å²) < 4.78 is 3.12. The lowest BCUT2D eigenvalue weighted by atomic mass is 10.4. The fourth-order valence-corrected chi connectivity index (χ4v) is 2.98. The van der Waals surface area contributed by atoms with Crippen molar-refractivity contribution in [3.63, 3.8) is 0 Å². The van der Waals surface area contributed by atoms with Gasteiger partial charge in [0, 0.05) is 18.5 Å². The largest absolute Gasteiger partial charge is 0.268 e. The van der Waals surface area contributed by atoms with Crippen LogP contribution in [0.3, 0.4) is 0 Å². The van der Waals surface area contributed by atoms with E-state index in [2.05, 4.69) is 37.9 Å². The van der Waals surface area contributed by atoms with Crippen LogP contribution in [0.25, 0.3) is 0 Å². The first-order chi connectivity index (χ1) is 8.22. The van der Waals surface area contributed by atoms with Gasteiger partial charge in [0.05, 0.1) is 20.9 Å². The fraction of sp³-hybridized carbons (Fsp3) is 0.364. The van der Waals surface area contributed by atoms with E-state index in [0.29, 0.717) is 0 Å². The molecule has 2 rings (SSSR count). The van der Waals surface area contributed by atoms with Crippen molar-refractivity contribution in [2.24, 2.45) is 0 Å². The van der Waals surface area contributed by atoms with Crippen molar-refractivity contribution in [1.82, 2.24) is 19.7 Å². The molecule has 0 radical (unpaired) electrons. The molecule has 4 nitrogen and oxygen atoms in total. The molecular formula is C11H13BrN4S. The SMILES string of the molecule is CCn1nc(C)c(Br)c1CSc1ccncn1. The van der Waals surface area contributed by atoms with Crippen LogP contribution < -0.4 is 0 Å². The Morgan fingerprint density at radius 3 is 2.94 bits per heavy atom. The molecular weight excluding hydrogens is 300 g/mol. The third kappa shape index (κ3) is 2.87. The molecule has 2 heterocycles. The van der Waals surface area contributed by atoms with E-state index in [-0.39, 0.29) is 0 Å². The smallest absolute Gasteiger partial charge is 0.116 e. The number of aromatic nitrogens is 4. The van der Waals surface area contributed by atoms with Gasteiger partial charge in [0.15, 0.2) is 0 Å². The van der Waals surface area contributed by atoms with Crippen LogP contribution in [-0.2, 0) is 12.3 Å². The Kier molecular flexibility index (Phi) is 4.17. The van der Waals surface area contributed by atoms with Crippen LogP contribution in [-0.4, -0.2) is 19.7 Å². The fourth-order valence-electron chi connectivity index (χ4n) is 1.51. The summed E-state index contributed by atoms with van der Waals surface area (Å²) in [4.78, 5) is 8.10. The van der Waals surface area contributed by atoms with E-state index in [1.54, 1.807) is 24.3 Å². The summed E-state index contributed by atoms with van der Waals surface area (Å²) in [6.45, 7) is 4.99. The van der Waals surface area contributed by atoms with Crippen LogP contribution in [0.15, 0.2) is 28.1 Å². The maximum absolute atomic E-state index is 4.46. The van der Waals surface area contributed by atoms with Gasteiger partial charge in [-0.25, -0.2) is 9.97 Å². The average Bonchev–Trinajstić information content (AvgIpc) is 2.64. The molecule has 6 heteroatoms. The molecule has 0 N–H and O–H groups in total. The molecule has 0 saturated carbocycles. The quantitative estimate of drug-likeness (QED) is 0.643. The molecule has 0 aromatic carbocycles. The van der Waals surface area contributed by atoms with Crippen molar-refractivity contribution in [3.05, 3.63) is 34.5 Å². The molecule has 2 aromatic rings.